The average molecular weight is 899 g/mol. The number of aliphatic hydroxyl groups is 3. The number of fused-ring (bicyclic) bond motifs is 2. The van der Waals surface area contributed by atoms with E-state index in [0.29, 0.717) is 49.2 Å². The van der Waals surface area contributed by atoms with Crippen LogP contribution in [0.5, 0.6) is 0 Å². The molecule has 0 aromatic carbocycles. The zero-order valence-electron chi connectivity index (χ0n) is 39.0. The third-order valence-corrected chi connectivity index (χ3v) is 15.4. The van der Waals surface area contributed by atoms with Crippen LogP contribution in [0.1, 0.15) is 106 Å². The van der Waals surface area contributed by atoms with Gasteiger partial charge in [-0.3, -0.25) is 4.79 Å². The highest BCUT2D eigenvalue weighted by atomic mass is 16.7. The van der Waals surface area contributed by atoms with Gasteiger partial charge >= 0.3 is 5.97 Å². The van der Waals surface area contributed by atoms with Crippen molar-refractivity contribution >= 4 is 5.97 Å². The molecule has 6 heterocycles. The van der Waals surface area contributed by atoms with E-state index in [1.807, 2.05) is 25.2 Å². The molecule has 0 aromatic rings. The van der Waals surface area contributed by atoms with Gasteiger partial charge in [0.25, 0.3) is 0 Å². The van der Waals surface area contributed by atoms with Crippen molar-refractivity contribution in [1.29, 1.82) is 0 Å². The molecule has 19 atom stereocenters. The van der Waals surface area contributed by atoms with Crippen LogP contribution in [-0.2, 0) is 52.2 Å². The number of hydrogen-bond acceptors (Lipinski definition) is 14. The van der Waals surface area contributed by atoms with Gasteiger partial charge in [0.15, 0.2) is 18.4 Å². The van der Waals surface area contributed by atoms with Crippen molar-refractivity contribution < 1.29 is 67.5 Å². The fraction of sp³-hybridized carbons (Fsp3) is 0.780. The number of rotatable bonds is 7. The van der Waals surface area contributed by atoms with E-state index in [-0.39, 0.29) is 36.8 Å². The first-order valence-corrected chi connectivity index (χ1v) is 24.0. The maximum absolute atomic E-state index is 14.4. The molecule has 1 spiro atoms. The fourth-order valence-electron chi connectivity index (χ4n) is 11.7. The standard InChI is InChI=1S/C50H74O14/c1-27-13-12-16-34-26-57-47-42(51)30(4)21-37(50(34,47)54)48(53)60-36-22-35(63-49(25-36)20-19-29(3)45(64-49)33-14-10-9-11-15-33)18-17-28(2)44(27)61-41-24-39(56-8)46(32(6)59-41)62-40-23-38(55-7)43(52)31(5)58-40/h12-13,16-17,19-21,27,29,31-33,35-47,51-52,54H,9-11,14-15,18,22-26H2,1-8H3/t27-,29-,31-,32-,35?,36-,37-,38-,39-,40-,41-,42+,43-,44-,45-,46-,47+,49+,50+/m0/s1. The summed E-state index contributed by atoms with van der Waals surface area (Å²) in [5.74, 6) is -2.32. The smallest absolute Gasteiger partial charge is 0.316 e. The van der Waals surface area contributed by atoms with E-state index in [1.54, 1.807) is 40.2 Å². The van der Waals surface area contributed by atoms with E-state index >= 15 is 0 Å². The number of aliphatic hydroxyl groups excluding tert-OH is 2. The Bertz CT molecular complexity index is 1790. The van der Waals surface area contributed by atoms with Gasteiger partial charge in [0, 0.05) is 51.7 Å². The van der Waals surface area contributed by atoms with Crippen LogP contribution in [-0.4, -0.2) is 139 Å². The quantitative estimate of drug-likeness (QED) is 0.204. The van der Waals surface area contributed by atoms with Crippen molar-refractivity contribution in [1.82, 2.24) is 0 Å². The van der Waals surface area contributed by atoms with Gasteiger partial charge in [-0.1, -0.05) is 69.6 Å². The minimum atomic E-state index is -1.83. The largest absolute Gasteiger partial charge is 0.462 e. The first-order valence-electron chi connectivity index (χ1n) is 24.0. The number of carbonyl (C=O) groups excluding carboxylic acids is 1. The molecule has 0 amide bonds. The van der Waals surface area contributed by atoms with Gasteiger partial charge < -0.3 is 62.7 Å². The number of ether oxygens (including phenoxy) is 10. The Labute approximate surface area is 379 Å². The van der Waals surface area contributed by atoms with Gasteiger partial charge in [0.1, 0.15) is 42.0 Å². The van der Waals surface area contributed by atoms with Crippen molar-refractivity contribution in [3.8, 4) is 0 Å². The Hall–Kier alpha value is -2.31. The second kappa shape index (κ2) is 20.1. The minimum Gasteiger partial charge on any atom is -0.462 e. The van der Waals surface area contributed by atoms with E-state index in [2.05, 4.69) is 32.9 Å². The number of esters is 1. The second-order valence-corrected chi connectivity index (χ2v) is 20.0. The summed E-state index contributed by atoms with van der Waals surface area (Å²) in [7, 11) is 3.23. The predicted molar refractivity (Wildman–Crippen MR) is 234 cm³/mol. The first kappa shape index (κ1) is 48.2. The highest BCUT2D eigenvalue weighted by Gasteiger charge is 2.60. The zero-order valence-corrected chi connectivity index (χ0v) is 39.0. The molecule has 8 rings (SSSR count). The van der Waals surface area contributed by atoms with E-state index in [0.717, 1.165) is 18.4 Å². The summed E-state index contributed by atoms with van der Waals surface area (Å²) in [6.07, 6.45) is 13.8. The first-order chi connectivity index (χ1) is 30.6. The van der Waals surface area contributed by atoms with Gasteiger partial charge in [-0.25, -0.2) is 0 Å². The molecule has 14 heteroatoms. The monoisotopic (exact) mass is 899 g/mol. The van der Waals surface area contributed by atoms with Crippen LogP contribution in [0.4, 0.5) is 0 Å². The van der Waals surface area contributed by atoms with Crippen LogP contribution >= 0.6 is 0 Å². The molecule has 3 N–H and O–H groups in total. The molecule has 1 unspecified atom stereocenters. The lowest BCUT2D eigenvalue weighted by molar-refractivity contribution is -0.318. The number of carbonyl (C=O) groups is 1. The SMILES string of the molecule is CO[C@H]1C[C@H](O[C@H]2[C@H](C)O[C@@H](O[C@@H]3C(C)=CCC4C[C@@H](C[C@]5(C=C[C@H](C)[C@@H](C6CCCCC6)O5)O4)OC(=O)[C@@H]4C=C(C)[C@@H](O)[C@H]5OCC(=CC=C[C@@H]3C)[C@]54O)C[C@@H]2OC)O[C@@H](C)[C@@H]1O. The molecule has 6 aliphatic heterocycles. The van der Waals surface area contributed by atoms with Crippen LogP contribution in [0, 0.1) is 23.7 Å². The van der Waals surface area contributed by atoms with Gasteiger partial charge in [-0.2, -0.15) is 0 Å². The Balaban J connectivity index is 1.08. The summed E-state index contributed by atoms with van der Waals surface area (Å²) in [5.41, 5.74) is 0.166. The maximum atomic E-state index is 14.4. The van der Waals surface area contributed by atoms with Crippen LogP contribution in [0.3, 0.4) is 0 Å². The average Bonchev–Trinajstić information content (AvgIpc) is 3.62. The van der Waals surface area contributed by atoms with Crippen molar-refractivity contribution in [3.63, 3.8) is 0 Å². The summed E-state index contributed by atoms with van der Waals surface area (Å²) in [5, 5.41) is 34.3. The zero-order chi connectivity index (χ0) is 45.5. The van der Waals surface area contributed by atoms with Gasteiger partial charge in [0.2, 0.25) is 0 Å². The molecule has 14 nitrogen and oxygen atoms in total. The van der Waals surface area contributed by atoms with E-state index in [9.17, 15) is 20.1 Å². The molecule has 5 fully saturated rings. The lowest BCUT2D eigenvalue weighted by Crippen LogP contribution is -2.58. The van der Waals surface area contributed by atoms with Gasteiger partial charge in [0.05, 0.1) is 49.3 Å². The van der Waals surface area contributed by atoms with E-state index in [4.69, 9.17) is 47.4 Å². The molecule has 64 heavy (non-hydrogen) atoms. The van der Waals surface area contributed by atoms with E-state index in [1.165, 1.54) is 19.3 Å². The summed E-state index contributed by atoms with van der Waals surface area (Å²) in [6.45, 7) is 11.9. The molecule has 2 aliphatic carbocycles. The molecular weight excluding hydrogens is 825 g/mol. The topological polar surface area (TPSA) is 170 Å². The molecule has 2 bridgehead atoms. The molecule has 0 radical (unpaired) electrons. The number of hydrogen-bond donors (Lipinski definition) is 3. The summed E-state index contributed by atoms with van der Waals surface area (Å²) < 4.78 is 64.1. The fourth-order valence-corrected chi connectivity index (χ4v) is 11.7. The molecular formula is C50H74O14. The number of methoxy groups -OCH3 is 2. The molecule has 8 aliphatic rings. The van der Waals surface area contributed by atoms with Crippen LogP contribution in [0.2, 0.25) is 0 Å². The Morgan fingerprint density at radius 2 is 1.53 bits per heavy atom. The molecule has 1 saturated carbocycles. The maximum Gasteiger partial charge on any atom is 0.316 e. The normalized spacial score (nSPS) is 47.1. The highest BCUT2D eigenvalue weighted by molar-refractivity contribution is 5.78. The summed E-state index contributed by atoms with van der Waals surface area (Å²) >= 11 is 0. The second-order valence-electron chi connectivity index (χ2n) is 20.0. The van der Waals surface area contributed by atoms with Crippen LogP contribution in [0.15, 0.2) is 59.3 Å². The predicted octanol–water partition coefficient (Wildman–Crippen LogP) is 5.91. The lowest BCUT2D eigenvalue weighted by atomic mass is 9.71. The Kier molecular flexibility index (Phi) is 15.1. The van der Waals surface area contributed by atoms with Crippen molar-refractivity contribution in [2.45, 2.75) is 203 Å². The van der Waals surface area contributed by atoms with E-state index < -0.39 is 90.8 Å². The molecule has 358 valence electrons. The van der Waals surface area contributed by atoms with Crippen molar-refractivity contribution in [2.75, 3.05) is 20.8 Å². The molecule has 0 aromatic heterocycles. The summed E-state index contributed by atoms with van der Waals surface area (Å²) in [4.78, 5) is 14.4. The van der Waals surface area contributed by atoms with Gasteiger partial charge in [-0.15, -0.1) is 0 Å². The third-order valence-electron chi connectivity index (χ3n) is 15.4. The van der Waals surface area contributed by atoms with Crippen molar-refractivity contribution in [3.05, 3.63) is 59.3 Å². The molecule has 4 saturated heterocycles. The number of allylic oxidation sites excluding steroid dienone is 2. The minimum absolute atomic E-state index is 0.0242. The van der Waals surface area contributed by atoms with Crippen LogP contribution in [0.25, 0.3) is 0 Å². The summed E-state index contributed by atoms with van der Waals surface area (Å²) in [6, 6.07) is 0. The third kappa shape index (κ3) is 9.82. The van der Waals surface area contributed by atoms with Crippen LogP contribution < -0.4 is 0 Å². The highest BCUT2D eigenvalue weighted by Crippen LogP contribution is 2.48. The van der Waals surface area contributed by atoms with Gasteiger partial charge in [-0.05, 0) is 75.7 Å². The Morgan fingerprint density at radius 3 is 2.28 bits per heavy atom. The Morgan fingerprint density at radius 1 is 0.812 bits per heavy atom. The van der Waals surface area contributed by atoms with Crippen molar-refractivity contribution in [2.24, 2.45) is 23.7 Å². The lowest BCUT2D eigenvalue weighted by Gasteiger charge is -2.49.